The second-order valence-corrected chi connectivity index (χ2v) is 8.23. The van der Waals surface area contributed by atoms with Crippen molar-refractivity contribution in [3.8, 4) is 22.6 Å². The summed E-state index contributed by atoms with van der Waals surface area (Å²) >= 11 is 6.22. The molecule has 2 heterocycles. The van der Waals surface area contributed by atoms with Crippen molar-refractivity contribution in [1.82, 2.24) is 19.3 Å². The molecule has 0 aliphatic heterocycles. The molecule has 2 aromatic heterocycles. The summed E-state index contributed by atoms with van der Waals surface area (Å²) in [7, 11) is 0. The van der Waals surface area contributed by atoms with Crippen molar-refractivity contribution in [1.29, 1.82) is 0 Å². The van der Waals surface area contributed by atoms with E-state index in [9.17, 15) is 18.0 Å². The molecule has 0 bridgehead atoms. The van der Waals surface area contributed by atoms with Crippen LogP contribution in [0.15, 0.2) is 97.6 Å². The second kappa shape index (κ2) is 9.35. The summed E-state index contributed by atoms with van der Waals surface area (Å²) in [5, 5.41) is 6.82. The highest BCUT2D eigenvalue weighted by molar-refractivity contribution is 6.32. The van der Waals surface area contributed by atoms with Crippen LogP contribution in [-0.4, -0.2) is 25.2 Å². The molecular weight excluding hydrogens is 491 g/mol. The van der Waals surface area contributed by atoms with Crippen LogP contribution in [0.25, 0.3) is 22.6 Å². The maximum Gasteiger partial charge on any atom is 0.435 e. The minimum atomic E-state index is -4.63. The Labute approximate surface area is 208 Å². The van der Waals surface area contributed by atoms with E-state index in [1.54, 1.807) is 73.2 Å². The van der Waals surface area contributed by atoms with Gasteiger partial charge in [0.15, 0.2) is 5.69 Å². The Balaban J connectivity index is 1.40. The van der Waals surface area contributed by atoms with Gasteiger partial charge < -0.3 is 9.88 Å². The Hall–Kier alpha value is -4.37. The Morgan fingerprint density at radius 3 is 2.31 bits per heavy atom. The first kappa shape index (κ1) is 23.4. The maximum absolute atomic E-state index is 13.4. The molecular formula is C26H17ClF3N5O. The quantitative estimate of drug-likeness (QED) is 0.290. The van der Waals surface area contributed by atoms with Crippen molar-refractivity contribution in [2.24, 2.45) is 0 Å². The maximum atomic E-state index is 13.4. The van der Waals surface area contributed by atoms with Crippen LogP contribution in [0.1, 0.15) is 16.1 Å². The van der Waals surface area contributed by atoms with Gasteiger partial charge in [0.05, 0.1) is 22.7 Å². The number of para-hydroxylation sites is 1. The molecule has 10 heteroatoms. The van der Waals surface area contributed by atoms with Gasteiger partial charge in [0.2, 0.25) is 0 Å². The summed E-state index contributed by atoms with van der Waals surface area (Å²) in [5.41, 5.74) is 1.74. The summed E-state index contributed by atoms with van der Waals surface area (Å²) in [5.74, 6) is -0.354. The number of nitrogens with one attached hydrogen (secondary N) is 1. The number of hydrogen-bond donors (Lipinski definition) is 1. The van der Waals surface area contributed by atoms with E-state index in [2.05, 4.69) is 15.4 Å². The highest BCUT2D eigenvalue weighted by atomic mass is 35.5. The Bertz CT molecular complexity index is 1510. The number of hydrogen-bond acceptors (Lipinski definition) is 3. The van der Waals surface area contributed by atoms with Crippen LogP contribution in [-0.2, 0) is 6.18 Å². The van der Waals surface area contributed by atoms with Crippen molar-refractivity contribution in [3.05, 3.63) is 114 Å². The number of amides is 1. The molecule has 0 saturated carbocycles. The van der Waals surface area contributed by atoms with Gasteiger partial charge in [-0.25, -0.2) is 9.67 Å². The molecule has 0 unspecified atom stereocenters. The smallest absolute Gasteiger partial charge is 0.322 e. The molecule has 5 aromatic rings. The summed E-state index contributed by atoms with van der Waals surface area (Å²) < 4.78 is 43.3. The SMILES string of the molecule is O=C(Nc1ccc(-n2ccnc2)cc1)c1ccc(-c2cc(C(F)(F)F)nn2-c2ccccc2Cl)cc1. The lowest BCUT2D eigenvalue weighted by Gasteiger charge is -2.10. The molecule has 180 valence electrons. The first-order valence-corrected chi connectivity index (χ1v) is 11.1. The molecule has 1 amide bonds. The number of anilines is 1. The lowest BCUT2D eigenvalue weighted by atomic mass is 10.1. The standard InChI is InChI=1S/C26H17ClF3N5O/c27-21-3-1-2-4-22(21)35-23(15-24(33-35)26(28,29)30)17-5-7-18(8-6-17)25(36)32-19-9-11-20(12-10-19)34-14-13-31-16-34/h1-16H,(H,32,36). The van der Waals surface area contributed by atoms with Crippen LogP contribution in [0.3, 0.4) is 0 Å². The topological polar surface area (TPSA) is 64.7 Å². The molecule has 1 N–H and O–H groups in total. The summed E-state index contributed by atoms with van der Waals surface area (Å²) in [6.45, 7) is 0. The number of carbonyl (C=O) groups is 1. The van der Waals surface area contributed by atoms with Crippen LogP contribution in [0, 0.1) is 0 Å². The number of benzene rings is 3. The Morgan fingerprint density at radius 1 is 0.944 bits per heavy atom. The van der Waals surface area contributed by atoms with Crippen molar-refractivity contribution < 1.29 is 18.0 Å². The fourth-order valence-corrected chi connectivity index (χ4v) is 3.87. The number of nitrogens with zero attached hydrogens (tertiary/aromatic N) is 4. The minimum absolute atomic E-state index is 0.192. The highest BCUT2D eigenvalue weighted by Crippen LogP contribution is 2.34. The Kier molecular flexibility index (Phi) is 6.07. The second-order valence-electron chi connectivity index (χ2n) is 7.82. The molecule has 0 fully saturated rings. The average Bonchev–Trinajstić information content (AvgIpc) is 3.56. The lowest BCUT2D eigenvalue weighted by molar-refractivity contribution is -0.141. The van der Waals surface area contributed by atoms with Gasteiger partial charge in [0, 0.05) is 34.9 Å². The first-order valence-electron chi connectivity index (χ1n) is 10.7. The number of rotatable bonds is 5. The van der Waals surface area contributed by atoms with Gasteiger partial charge >= 0.3 is 6.18 Å². The number of imidazole rings is 1. The summed E-state index contributed by atoms with van der Waals surface area (Å²) in [6, 6.07) is 20.9. The highest BCUT2D eigenvalue weighted by Gasteiger charge is 2.35. The van der Waals surface area contributed by atoms with Crippen LogP contribution < -0.4 is 5.32 Å². The molecule has 0 atom stereocenters. The Morgan fingerprint density at radius 2 is 1.67 bits per heavy atom. The third-order valence-electron chi connectivity index (χ3n) is 5.45. The van der Waals surface area contributed by atoms with E-state index in [1.807, 2.05) is 22.9 Å². The fourth-order valence-electron chi connectivity index (χ4n) is 3.66. The molecule has 36 heavy (non-hydrogen) atoms. The molecule has 0 saturated heterocycles. The first-order chi connectivity index (χ1) is 17.3. The lowest BCUT2D eigenvalue weighted by Crippen LogP contribution is -2.11. The number of alkyl halides is 3. The van der Waals surface area contributed by atoms with Crippen molar-refractivity contribution in [2.45, 2.75) is 6.18 Å². The molecule has 0 aliphatic rings. The fraction of sp³-hybridized carbons (Fsp3) is 0.0385. The van der Waals surface area contributed by atoms with Crippen LogP contribution >= 0.6 is 11.6 Å². The van der Waals surface area contributed by atoms with Gasteiger partial charge in [-0.05, 0) is 54.6 Å². The average molecular weight is 508 g/mol. The van der Waals surface area contributed by atoms with E-state index in [-0.39, 0.29) is 16.6 Å². The van der Waals surface area contributed by atoms with Gasteiger partial charge in [-0.15, -0.1) is 0 Å². The van der Waals surface area contributed by atoms with E-state index >= 15 is 0 Å². The predicted molar refractivity (Wildman–Crippen MR) is 131 cm³/mol. The largest absolute Gasteiger partial charge is 0.435 e. The van der Waals surface area contributed by atoms with Crippen molar-refractivity contribution >= 4 is 23.2 Å². The third-order valence-corrected chi connectivity index (χ3v) is 5.77. The van der Waals surface area contributed by atoms with Crippen LogP contribution in [0.4, 0.5) is 18.9 Å². The van der Waals surface area contributed by atoms with Gasteiger partial charge in [-0.2, -0.15) is 18.3 Å². The van der Waals surface area contributed by atoms with Gasteiger partial charge in [0.1, 0.15) is 0 Å². The zero-order valence-corrected chi connectivity index (χ0v) is 19.2. The number of carbonyl (C=O) groups excluding carboxylic acids is 1. The zero-order valence-electron chi connectivity index (χ0n) is 18.4. The van der Waals surface area contributed by atoms with E-state index in [1.165, 1.54) is 0 Å². The zero-order chi connectivity index (χ0) is 25.3. The summed E-state index contributed by atoms with van der Waals surface area (Å²) in [6.07, 6.45) is 0.522. The number of aromatic nitrogens is 4. The van der Waals surface area contributed by atoms with Crippen LogP contribution in [0.5, 0.6) is 0 Å². The molecule has 6 nitrogen and oxygen atoms in total. The molecule has 5 rings (SSSR count). The van der Waals surface area contributed by atoms with Gasteiger partial charge in [-0.1, -0.05) is 35.9 Å². The van der Waals surface area contributed by atoms with Crippen molar-refractivity contribution in [3.63, 3.8) is 0 Å². The van der Waals surface area contributed by atoms with Gasteiger partial charge in [0.25, 0.3) is 5.91 Å². The van der Waals surface area contributed by atoms with E-state index in [4.69, 9.17) is 11.6 Å². The third kappa shape index (κ3) is 4.73. The van der Waals surface area contributed by atoms with E-state index < -0.39 is 11.9 Å². The summed E-state index contributed by atoms with van der Waals surface area (Å²) in [4.78, 5) is 16.7. The van der Waals surface area contributed by atoms with Gasteiger partial charge in [-0.3, -0.25) is 4.79 Å². The van der Waals surface area contributed by atoms with Crippen molar-refractivity contribution in [2.75, 3.05) is 5.32 Å². The monoisotopic (exact) mass is 507 g/mol. The predicted octanol–water partition coefficient (Wildman–Crippen LogP) is 6.65. The van der Waals surface area contributed by atoms with E-state index in [0.29, 0.717) is 22.5 Å². The molecule has 3 aromatic carbocycles. The molecule has 0 radical (unpaired) electrons. The molecule has 0 aliphatic carbocycles. The minimum Gasteiger partial charge on any atom is -0.322 e. The van der Waals surface area contributed by atoms with Crippen LogP contribution in [0.2, 0.25) is 5.02 Å². The van der Waals surface area contributed by atoms with E-state index in [0.717, 1.165) is 16.4 Å². The molecule has 0 spiro atoms. The normalized spacial score (nSPS) is 11.4. The number of halogens is 4.